The second kappa shape index (κ2) is 9.67. The minimum Gasteiger partial charge on any atom is -0.350 e. The number of likely N-dealkylation sites (tertiary alicyclic amines) is 1. The third kappa shape index (κ3) is 5.18. The molecular weight excluding hydrogens is 338 g/mol. The number of carbonyl (C=O) groups excluding carboxylic acids is 2. The lowest BCUT2D eigenvalue weighted by Gasteiger charge is -2.35. The van der Waals surface area contributed by atoms with Crippen molar-refractivity contribution >= 4 is 11.8 Å². The van der Waals surface area contributed by atoms with Crippen molar-refractivity contribution in [2.24, 2.45) is 0 Å². The third-order valence-corrected chi connectivity index (χ3v) is 5.68. The molecule has 0 bridgehead atoms. The number of piperidine rings is 1. The Morgan fingerprint density at radius 1 is 1.19 bits per heavy atom. The zero-order chi connectivity index (χ0) is 19.1. The molecule has 1 saturated heterocycles. The van der Waals surface area contributed by atoms with Crippen LogP contribution in [-0.2, 0) is 0 Å². The zero-order valence-corrected chi connectivity index (χ0v) is 16.4. The molecule has 1 atom stereocenters. The molecule has 0 spiro atoms. The number of rotatable bonds is 6. The number of carbonyl (C=O) groups is 2. The van der Waals surface area contributed by atoms with E-state index < -0.39 is 0 Å². The molecule has 3 rings (SSSR count). The van der Waals surface area contributed by atoms with Crippen molar-refractivity contribution in [1.82, 2.24) is 15.2 Å². The highest BCUT2D eigenvalue weighted by Crippen LogP contribution is 2.21. The van der Waals surface area contributed by atoms with E-state index in [0.29, 0.717) is 17.9 Å². The predicted molar refractivity (Wildman–Crippen MR) is 107 cm³/mol. The zero-order valence-electron chi connectivity index (χ0n) is 16.4. The maximum Gasteiger partial charge on any atom is 0.272 e. The molecule has 0 saturated carbocycles. The fourth-order valence-corrected chi connectivity index (χ4v) is 4.08. The van der Waals surface area contributed by atoms with Crippen LogP contribution in [-0.4, -0.2) is 40.8 Å². The Kier molecular flexibility index (Phi) is 7.02. The molecule has 1 fully saturated rings. The summed E-state index contributed by atoms with van der Waals surface area (Å²) >= 11 is 0. The Hall–Kier alpha value is -2.17. The summed E-state index contributed by atoms with van der Waals surface area (Å²) in [6.45, 7) is 3.52. The SMILES string of the molecule is CCC1CCCCN1C(=O)c1cccc(C(=O)NCCC2=CCCCC2)n1. The highest BCUT2D eigenvalue weighted by molar-refractivity contribution is 5.96. The van der Waals surface area contributed by atoms with Crippen LogP contribution in [0, 0.1) is 0 Å². The maximum atomic E-state index is 12.9. The van der Waals surface area contributed by atoms with Crippen molar-refractivity contribution < 1.29 is 9.59 Å². The fraction of sp³-hybridized carbons (Fsp3) is 0.591. The van der Waals surface area contributed by atoms with E-state index in [2.05, 4.69) is 23.3 Å². The van der Waals surface area contributed by atoms with Crippen LogP contribution in [0.3, 0.4) is 0 Å². The van der Waals surface area contributed by atoms with Crippen molar-refractivity contribution in [1.29, 1.82) is 0 Å². The molecule has 5 heteroatoms. The third-order valence-electron chi connectivity index (χ3n) is 5.68. The van der Waals surface area contributed by atoms with Crippen molar-refractivity contribution in [2.75, 3.05) is 13.1 Å². The minimum atomic E-state index is -0.202. The van der Waals surface area contributed by atoms with E-state index in [1.807, 2.05) is 4.90 Å². The van der Waals surface area contributed by atoms with Crippen molar-refractivity contribution in [3.63, 3.8) is 0 Å². The first-order chi connectivity index (χ1) is 13.2. The quantitative estimate of drug-likeness (QED) is 0.768. The lowest BCUT2D eigenvalue weighted by molar-refractivity contribution is 0.0602. The van der Waals surface area contributed by atoms with Gasteiger partial charge < -0.3 is 10.2 Å². The lowest BCUT2D eigenvalue weighted by Crippen LogP contribution is -2.43. The number of hydrogen-bond acceptors (Lipinski definition) is 3. The normalized spacial score (nSPS) is 20.1. The Labute approximate surface area is 162 Å². The molecule has 2 amide bonds. The molecule has 2 aliphatic rings. The van der Waals surface area contributed by atoms with Gasteiger partial charge in [-0.2, -0.15) is 0 Å². The van der Waals surface area contributed by atoms with Gasteiger partial charge in [0.2, 0.25) is 0 Å². The molecule has 1 aliphatic heterocycles. The molecule has 1 unspecified atom stereocenters. The molecular formula is C22H31N3O2. The van der Waals surface area contributed by atoms with Crippen LogP contribution in [0.5, 0.6) is 0 Å². The van der Waals surface area contributed by atoms with E-state index in [1.54, 1.807) is 18.2 Å². The summed E-state index contributed by atoms with van der Waals surface area (Å²) in [5, 5.41) is 2.94. The summed E-state index contributed by atoms with van der Waals surface area (Å²) in [4.78, 5) is 31.6. The Morgan fingerprint density at radius 2 is 2.04 bits per heavy atom. The first kappa shape index (κ1) is 19.6. The second-order valence-corrected chi connectivity index (χ2v) is 7.58. The van der Waals surface area contributed by atoms with Gasteiger partial charge in [0.05, 0.1) is 0 Å². The first-order valence-electron chi connectivity index (χ1n) is 10.4. The predicted octanol–water partition coefficient (Wildman–Crippen LogP) is 4.11. The molecule has 0 aromatic carbocycles. The average Bonchev–Trinajstić information content (AvgIpc) is 2.74. The van der Waals surface area contributed by atoms with Gasteiger partial charge in [-0.3, -0.25) is 9.59 Å². The Bertz CT molecular complexity index is 699. The lowest BCUT2D eigenvalue weighted by atomic mass is 9.97. The van der Waals surface area contributed by atoms with Gasteiger partial charge in [-0.25, -0.2) is 4.98 Å². The maximum absolute atomic E-state index is 12.9. The number of amides is 2. The number of hydrogen-bond donors (Lipinski definition) is 1. The minimum absolute atomic E-state index is 0.0523. The van der Waals surface area contributed by atoms with Crippen LogP contribution in [0.2, 0.25) is 0 Å². The summed E-state index contributed by atoms with van der Waals surface area (Å²) in [7, 11) is 0. The fourth-order valence-electron chi connectivity index (χ4n) is 4.08. The van der Waals surface area contributed by atoms with E-state index in [4.69, 9.17) is 0 Å². The largest absolute Gasteiger partial charge is 0.350 e. The molecule has 1 N–H and O–H groups in total. The highest BCUT2D eigenvalue weighted by atomic mass is 16.2. The second-order valence-electron chi connectivity index (χ2n) is 7.58. The van der Waals surface area contributed by atoms with Gasteiger partial charge in [0.25, 0.3) is 11.8 Å². The molecule has 0 radical (unpaired) electrons. The highest BCUT2D eigenvalue weighted by Gasteiger charge is 2.27. The standard InChI is InChI=1S/C22H31N3O2/c1-2-18-11-6-7-16-25(18)22(27)20-13-8-12-19(24-20)21(26)23-15-14-17-9-4-3-5-10-17/h8-9,12-13,18H,2-7,10-11,14-16H2,1H3,(H,23,26). The van der Waals surface area contributed by atoms with E-state index >= 15 is 0 Å². The molecule has 1 aliphatic carbocycles. The summed E-state index contributed by atoms with van der Waals surface area (Å²) in [5.41, 5.74) is 2.13. The van der Waals surface area contributed by atoms with Crippen LogP contribution in [0.25, 0.3) is 0 Å². The number of allylic oxidation sites excluding steroid dienone is 1. The monoisotopic (exact) mass is 369 g/mol. The smallest absolute Gasteiger partial charge is 0.272 e. The van der Waals surface area contributed by atoms with Crippen molar-refractivity contribution in [3.8, 4) is 0 Å². The van der Waals surface area contributed by atoms with Gasteiger partial charge in [0.15, 0.2) is 0 Å². The Morgan fingerprint density at radius 3 is 2.81 bits per heavy atom. The van der Waals surface area contributed by atoms with E-state index in [0.717, 1.165) is 45.1 Å². The van der Waals surface area contributed by atoms with Crippen LogP contribution < -0.4 is 5.32 Å². The van der Waals surface area contributed by atoms with Crippen LogP contribution in [0.1, 0.15) is 85.7 Å². The van der Waals surface area contributed by atoms with Gasteiger partial charge >= 0.3 is 0 Å². The topological polar surface area (TPSA) is 62.3 Å². The molecule has 1 aromatic rings. The first-order valence-corrected chi connectivity index (χ1v) is 10.4. The van der Waals surface area contributed by atoms with Crippen molar-refractivity contribution in [3.05, 3.63) is 41.2 Å². The number of nitrogens with one attached hydrogen (secondary N) is 1. The van der Waals surface area contributed by atoms with E-state index in [-0.39, 0.29) is 17.9 Å². The summed E-state index contributed by atoms with van der Waals surface area (Å²) in [6.07, 6.45) is 12.3. The van der Waals surface area contributed by atoms with Gasteiger partial charge in [-0.05, 0) is 69.9 Å². The summed E-state index contributed by atoms with van der Waals surface area (Å²) < 4.78 is 0. The van der Waals surface area contributed by atoms with Crippen molar-refractivity contribution in [2.45, 2.75) is 70.8 Å². The van der Waals surface area contributed by atoms with Gasteiger partial charge in [0.1, 0.15) is 11.4 Å². The molecule has 2 heterocycles. The summed E-state index contributed by atoms with van der Waals surface area (Å²) in [5.74, 6) is -0.254. The molecule has 1 aromatic heterocycles. The van der Waals surface area contributed by atoms with Gasteiger partial charge in [-0.1, -0.05) is 24.6 Å². The average molecular weight is 370 g/mol. The van der Waals surface area contributed by atoms with E-state index in [1.165, 1.54) is 24.8 Å². The van der Waals surface area contributed by atoms with Crippen LogP contribution >= 0.6 is 0 Å². The Balaban J connectivity index is 1.59. The number of nitrogens with zero attached hydrogens (tertiary/aromatic N) is 2. The molecule has 146 valence electrons. The number of aromatic nitrogens is 1. The van der Waals surface area contributed by atoms with E-state index in [9.17, 15) is 9.59 Å². The molecule has 5 nitrogen and oxygen atoms in total. The summed E-state index contributed by atoms with van der Waals surface area (Å²) in [6, 6.07) is 5.44. The van der Waals surface area contributed by atoms with Crippen LogP contribution in [0.15, 0.2) is 29.8 Å². The number of pyridine rings is 1. The van der Waals surface area contributed by atoms with Crippen LogP contribution in [0.4, 0.5) is 0 Å². The van der Waals surface area contributed by atoms with Gasteiger partial charge in [-0.15, -0.1) is 0 Å². The van der Waals surface area contributed by atoms with Gasteiger partial charge in [0, 0.05) is 19.1 Å². The molecule has 27 heavy (non-hydrogen) atoms.